The largest absolute Gasteiger partial charge is 0.505 e. The first-order chi connectivity index (χ1) is 9.00. The molecule has 0 fully saturated rings. The van der Waals surface area contributed by atoms with Crippen LogP contribution < -0.4 is 11.1 Å². The van der Waals surface area contributed by atoms with Crippen molar-refractivity contribution in [3.8, 4) is 5.75 Å². The molecule has 4 N–H and O–H groups in total. The molecule has 0 aliphatic rings. The molecule has 0 bridgehead atoms. The molecule has 0 unspecified atom stereocenters. The third-order valence-electron chi connectivity index (χ3n) is 3.07. The van der Waals surface area contributed by atoms with Gasteiger partial charge in [0.1, 0.15) is 5.75 Å². The third kappa shape index (κ3) is 2.52. The quantitative estimate of drug-likeness (QED) is 0.571. The predicted molar refractivity (Wildman–Crippen MR) is 76.4 cm³/mol. The highest BCUT2D eigenvalue weighted by Gasteiger charge is 2.14. The molecule has 0 saturated carbocycles. The average molecular weight is 256 g/mol. The summed E-state index contributed by atoms with van der Waals surface area (Å²) in [6.07, 6.45) is 0. The molecule has 98 valence electrons. The normalized spacial score (nSPS) is 10.2. The maximum absolute atomic E-state index is 12.1. The number of carbonyl (C=O) groups is 1. The highest BCUT2D eigenvalue weighted by molar-refractivity contribution is 6.05. The SMILES string of the molecule is Cc1cc(N)c(C)c(O)c1NC(=O)c1ccccc1. The molecule has 0 aromatic heterocycles. The number of amides is 1. The fraction of sp³-hybridized carbons (Fsp3) is 0.133. The Morgan fingerprint density at radius 1 is 1.21 bits per heavy atom. The number of rotatable bonds is 2. The average Bonchev–Trinajstić information content (AvgIpc) is 2.42. The Balaban J connectivity index is 2.35. The Bertz CT molecular complexity index is 622. The molecule has 0 spiro atoms. The Kier molecular flexibility index (Phi) is 3.42. The number of nitrogens with two attached hydrogens (primary N) is 1. The zero-order valence-corrected chi connectivity index (χ0v) is 10.9. The molecule has 2 aromatic carbocycles. The van der Waals surface area contributed by atoms with E-state index in [1.807, 2.05) is 6.07 Å². The van der Waals surface area contributed by atoms with E-state index < -0.39 is 0 Å². The van der Waals surface area contributed by atoms with Gasteiger partial charge in [-0.1, -0.05) is 18.2 Å². The summed E-state index contributed by atoms with van der Waals surface area (Å²) in [6, 6.07) is 10.6. The van der Waals surface area contributed by atoms with Crippen LogP contribution in [0.1, 0.15) is 21.5 Å². The van der Waals surface area contributed by atoms with E-state index >= 15 is 0 Å². The molecule has 0 aliphatic heterocycles. The van der Waals surface area contributed by atoms with Crippen molar-refractivity contribution in [2.75, 3.05) is 11.1 Å². The maximum Gasteiger partial charge on any atom is 0.255 e. The topological polar surface area (TPSA) is 75.3 Å². The third-order valence-corrected chi connectivity index (χ3v) is 3.07. The number of aromatic hydroxyl groups is 1. The van der Waals surface area contributed by atoms with Crippen molar-refractivity contribution in [1.29, 1.82) is 0 Å². The summed E-state index contributed by atoms with van der Waals surface area (Å²) in [5, 5.41) is 12.8. The number of hydrogen-bond acceptors (Lipinski definition) is 3. The standard InChI is InChI=1S/C15H16N2O2/c1-9-8-12(16)10(2)14(18)13(9)17-15(19)11-6-4-3-5-7-11/h3-8,18H,16H2,1-2H3,(H,17,19). The summed E-state index contributed by atoms with van der Waals surface area (Å²) in [5.41, 5.74) is 8.50. The summed E-state index contributed by atoms with van der Waals surface area (Å²) in [4.78, 5) is 12.1. The Hall–Kier alpha value is -2.49. The van der Waals surface area contributed by atoms with E-state index in [4.69, 9.17) is 5.73 Å². The maximum atomic E-state index is 12.1. The van der Waals surface area contributed by atoms with Crippen LogP contribution in [0.2, 0.25) is 0 Å². The van der Waals surface area contributed by atoms with E-state index in [0.29, 0.717) is 22.5 Å². The fourth-order valence-electron chi connectivity index (χ4n) is 1.86. The van der Waals surface area contributed by atoms with E-state index in [1.54, 1.807) is 44.2 Å². The fourth-order valence-corrected chi connectivity index (χ4v) is 1.86. The first kappa shape index (κ1) is 13.0. The molecule has 19 heavy (non-hydrogen) atoms. The van der Waals surface area contributed by atoms with Gasteiger partial charge < -0.3 is 16.2 Å². The second-order valence-electron chi connectivity index (χ2n) is 4.45. The minimum atomic E-state index is -0.261. The zero-order chi connectivity index (χ0) is 14.0. The first-order valence-corrected chi connectivity index (χ1v) is 5.95. The van der Waals surface area contributed by atoms with Crippen molar-refractivity contribution in [1.82, 2.24) is 0 Å². The summed E-state index contributed by atoms with van der Waals surface area (Å²) in [7, 11) is 0. The van der Waals surface area contributed by atoms with Gasteiger partial charge in [0.15, 0.2) is 0 Å². The number of nitrogens with one attached hydrogen (secondary N) is 1. The van der Waals surface area contributed by atoms with Gasteiger partial charge in [-0.25, -0.2) is 0 Å². The monoisotopic (exact) mass is 256 g/mol. The smallest absolute Gasteiger partial charge is 0.255 e. The van der Waals surface area contributed by atoms with Gasteiger partial charge in [0.05, 0.1) is 5.69 Å². The number of benzene rings is 2. The molecule has 1 amide bonds. The molecule has 4 nitrogen and oxygen atoms in total. The molecule has 0 radical (unpaired) electrons. The van der Waals surface area contributed by atoms with Crippen LogP contribution in [-0.2, 0) is 0 Å². The van der Waals surface area contributed by atoms with Gasteiger partial charge >= 0.3 is 0 Å². The molecule has 0 heterocycles. The van der Waals surface area contributed by atoms with Crippen LogP contribution in [0.5, 0.6) is 5.75 Å². The predicted octanol–water partition coefficient (Wildman–Crippen LogP) is 2.84. The molecular weight excluding hydrogens is 240 g/mol. The van der Waals surface area contributed by atoms with Gasteiger partial charge in [-0.3, -0.25) is 4.79 Å². The van der Waals surface area contributed by atoms with E-state index in [-0.39, 0.29) is 11.7 Å². The minimum absolute atomic E-state index is 0.0155. The highest BCUT2D eigenvalue weighted by atomic mass is 16.3. The van der Waals surface area contributed by atoms with Crippen LogP contribution >= 0.6 is 0 Å². The second kappa shape index (κ2) is 5.02. The van der Waals surface area contributed by atoms with Crippen LogP contribution in [0.3, 0.4) is 0 Å². The number of phenolic OH excluding ortho intramolecular Hbond substituents is 1. The van der Waals surface area contributed by atoms with E-state index in [1.165, 1.54) is 0 Å². The first-order valence-electron chi connectivity index (χ1n) is 5.95. The Labute approximate surface area is 111 Å². The number of aryl methyl sites for hydroxylation is 1. The van der Waals surface area contributed by atoms with Crippen molar-refractivity contribution >= 4 is 17.3 Å². The number of nitrogen functional groups attached to an aromatic ring is 1. The van der Waals surface area contributed by atoms with Crippen molar-refractivity contribution in [3.63, 3.8) is 0 Å². The molecule has 2 rings (SSSR count). The molecule has 0 atom stereocenters. The lowest BCUT2D eigenvalue weighted by molar-refractivity contribution is 0.102. The molecule has 2 aromatic rings. The number of anilines is 2. The van der Waals surface area contributed by atoms with Crippen LogP contribution in [0.25, 0.3) is 0 Å². The lowest BCUT2D eigenvalue weighted by Crippen LogP contribution is -2.13. The lowest BCUT2D eigenvalue weighted by Gasteiger charge is -2.14. The van der Waals surface area contributed by atoms with Crippen molar-refractivity contribution < 1.29 is 9.90 Å². The van der Waals surface area contributed by atoms with E-state index in [2.05, 4.69) is 5.32 Å². The van der Waals surface area contributed by atoms with Gasteiger partial charge in [0, 0.05) is 16.8 Å². The lowest BCUT2D eigenvalue weighted by atomic mass is 10.1. The summed E-state index contributed by atoms with van der Waals surface area (Å²) in [6.45, 7) is 3.50. The molecular formula is C15H16N2O2. The van der Waals surface area contributed by atoms with Gasteiger partial charge in [0.2, 0.25) is 0 Å². The van der Waals surface area contributed by atoms with Crippen LogP contribution in [0.4, 0.5) is 11.4 Å². The van der Waals surface area contributed by atoms with E-state index in [9.17, 15) is 9.90 Å². The van der Waals surface area contributed by atoms with Gasteiger partial charge in [-0.2, -0.15) is 0 Å². The summed E-state index contributed by atoms with van der Waals surface area (Å²) < 4.78 is 0. The van der Waals surface area contributed by atoms with Crippen molar-refractivity contribution in [3.05, 3.63) is 53.1 Å². The van der Waals surface area contributed by atoms with Crippen molar-refractivity contribution in [2.45, 2.75) is 13.8 Å². The number of hydrogen-bond donors (Lipinski definition) is 3. The Morgan fingerprint density at radius 2 is 1.84 bits per heavy atom. The number of phenols is 1. The highest BCUT2D eigenvalue weighted by Crippen LogP contribution is 2.34. The van der Waals surface area contributed by atoms with Crippen LogP contribution in [0.15, 0.2) is 36.4 Å². The van der Waals surface area contributed by atoms with Crippen LogP contribution in [0, 0.1) is 13.8 Å². The van der Waals surface area contributed by atoms with Crippen molar-refractivity contribution in [2.24, 2.45) is 0 Å². The summed E-state index contributed by atoms with van der Waals surface area (Å²) in [5.74, 6) is -0.245. The molecule has 0 saturated heterocycles. The van der Waals surface area contributed by atoms with Gasteiger partial charge in [-0.05, 0) is 37.6 Å². The van der Waals surface area contributed by atoms with Gasteiger partial charge in [0.25, 0.3) is 5.91 Å². The second-order valence-corrected chi connectivity index (χ2v) is 4.45. The zero-order valence-electron chi connectivity index (χ0n) is 10.9. The Morgan fingerprint density at radius 3 is 2.47 bits per heavy atom. The molecule has 0 aliphatic carbocycles. The van der Waals surface area contributed by atoms with Gasteiger partial charge in [-0.15, -0.1) is 0 Å². The molecule has 4 heteroatoms. The number of carbonyl (C=O) groups excluding carboxylic acids is 1. The van der Waals surface area contributed by atoms with E-state index in [0.717, 1.165) is 5.56 Å². The van der Waals surface area contributed by atoms with Crippen LogP contribution in [-0.4, -0.2) is 11.0 Å². The minimum Gasteiger partial charge on any atom is -0.505 e. The summed E-state index contributed by atoms with van der Waals surface area (Å²) >= 11 is 0.